The van der Waals surface area contributed by atoms with E-state index in [0.29, 0.717) is 0 Å². The van der Waals surface area contributed by atoms with Crippen LogP contribution in [0.1, 0.15) is 0 Å². The standard InChI is InChI=1S/C11H15F2N3O3/c1-14-8-3-2-4-9(11(8)16(18)19)15(5-6-17)7-10(12)13/h2-4,10,14,17H,5-7H2,1H3. The van der Waals surface area contributed by atoms with Crippen molar-refractivity contribution < 1.29 is 18.8 Å². The number of nitro benzene ring substituents is 1. The average molecular weight is 275 g/mol. The lowest BCUT2D eigenvalue weighted by Gasteiger charge is -2.23. The van der Waals surface area contributed by atoms with Gasteiger partial charge >= 0.3 is 5.69 Å². The molecule has 106 valence electrons. The lowest BCUT2D eigenvalue weighted by molar-refractivity contribution is -0.383. The Hall–Kier alpha value is -1.96. The molecule has 6 nitrogen and oxygen atoms in total. The van der Waals surface area contributed by atoms with Crippen molar-refractivity contribution in [2.75, 3.05) is 37.0 Å². The zero-order valence-corrected chi connectivity index (χ0v) is 10.3. The van der Waals surface area contributed by atoms with Crippen LogP contribution in [0.25, 0.3) is 0 Å². The van der Waals surface area contributed by atoms with Gasteiger partial charge in [0.05, 0.1) is 18.1 Å². The summed E-state index contributed by atoms with van der Waals surface area (Å²) in [4.78, 5) is 11.6. The summed E-state index contributed by atoms with van der Waals surface area (Å²) in [5.74, 6) is 0. The topological polar surface area (TPSA) is 78.6 Å². The van der Waals surface area contributed by atoms with Gasteiger partial charge in [-0.2, -0.15) is 0 Å². The molecule has 0 aromatic heterocycles. The summed E-state index contributed by atoms with van der Waals surface area (Å²) in [6.45, 7) is -1.14. The molecule has 2 N–H and O–H groups in total. The highest BCUT2D eigenvalue weighted by Gasteiger charge is 2.24. The smallest absolute Gasteiger partial charge is 0.315 e. The lowest BCUT2D eigenvalue weighted by Crippen LogP contribution is -2.32. The number of aliphatic hydroxyl groups is 1. The first kappa shape index (κ1) is 15.1. The molecule has 0 amide bonds. The molecule has 0 aliphatic carbocycles. The largest absolute Gasteiger partial charge is 0.395 e. The van der Waals surface area contributed by atoms with Crippen LogP contribution >= 0.6 is 0 Å². The second-order valence-electron chi connectivity index (χ2n) is 3.74. The van der Waals surface area contributed by atoms with Gasteiger partial charge in [-0.3, -0.25) is 10.1 Å². The Morgan fingerprint density at radius 3 is 2.68 bits per heavy atom. The highest BCUT2D eigenvalue weighted by Crippen LogP contribution is 2.35. The molecule has 0 bridgehead atoms. The number of nitro groups is 1. The van der Waals surface area contributed by atoms with Crippen molar-refractivity contribution in [1.29, 1.82) is 0 Å². The molecule has 0 spiro atoms. The molecule has 1 aromatic carbocycles. The Labute approximate surface area is 108 Å². The molecule has 1 aromatic rings. The Balaban J connectivity index is 3.24. The maximum absolute atomic E-state index is 12.5. The number of nitrogens with one attached hydrogen (secondary N) is 1. The number of nitrogens with zero attached hydrogens (tertiary/aromatic N) is 2. The van der Waals surface area contributed by atoms with E-state index in [1.165, 1.54) is 25.2 Å². The van der Waals surface area contributed by atoms with Crippen LogP contribution in [0.2, 0.25) is 0 Å². The third-order valence-corrected chi connectivity index (χ3v) is 2.54. The van der Waals surface area contributed by atoms with Crippen LogP contribution in [0.4, 0.5) is 25.8 Å². The van der Waals surface area contributed by atoms with Gasteiger partial charge in [-0.25, -0.2) is 8.78 Å². The lowest BCUT2D eigenvalue weighted by atomic mass is 10.2. The number of hydrogen-bond acceptors (Lipinski definition) is 5. The van der Waals surface area contributed by atoms with Crippen LogP contribution in [-0.4, -0.2) is 43.2 Å². The minimum absolute atomic E-state index is 0.0613. The van der Waals surface area contributed by atoms with Crippen molar-refractivity contribution in [3.8, 4) is 0 Å². The highest BCUT2D eigenvalue weighted by atomic mass is 19.3. The molecule has 0 saturated heterocycles. The molecule has 0 aliphatic rings. The molecule has 0 heterocycles. The van der Waals surface area contributed by atoms with Crippen molar-refractivity contribution >= 4 is 17.1 Å². The van der Waals surface area contributed by atoms with E-state index in [1.54, 1.807) is 0 Å². The van der Waals surface area contributed by atoms with E-state index < -0.39 is 17.9 Å². The number of rotatable bonds is 7. The zero-order valence-electron chi connectivity index (χ0n) is 10.3. The van der Waals surface area contributed by atoms with E-state index in [1.807, 2.05) is 0 Å². The maximum atomic E-state index is 12.5. The Kier molecular flexibility index (Phi) is 5.43. The van der Waals surface area contributed by atoms with Gasteiger partial charge in [-0.15, -0.1) is 0 Å². The van der Waals surface area contributed by atoms with E-state index in [4.69, 9.17) is 5.11 Å². The fraction of sp³-hybridized carbons (Fsp3) is 0.455. The summed E-state index contributed by atoms with van der Waals surface area (Å²) in [5.41, 5.74) is 0.0185. The Morgan fingerprint density at radius 1 is 1.53 bits per heavy atom. The average Bonchev–Trinajstić information content (AvgIpc) is 2.36. The fourth-order valence-corrected chi connectivity index (χ4v) is 1.78. The molecule has 0 radical (unpaired) electrons. The zero-order chi connectivity index (χ0) is 14.4. The molecular weight excluding hydrogens is 260 g/mol. The number of benzene rings is 1. The van der Waals surface area contributed by atoms with Gasteiger partial charge in [-0.1, -0.05) is 6.07 Å². The highest BCUT2D eigenvalue weighted by molar-refractivity contribution is 5.76. The molecule has 0 aliphatic heterocycles. The molecule has 0 atom stereocenters. The first-order valence-electron chi connectivity index (χ1n) is 5.60. The monoisotopic (exact) mass is 275 g/mol. The summed E-state index contributed by atoms with van der Waals surface area (Å²) in [5, 5.41) is 22.6. The number of alkyl halides is 2. The van der Waals surface area contributed by atoms with Crippen LogP contribution in [-0.2, 0) is 0 Å². The molecule has 0 unspecified atom stereocenters. The fourth-order valence-electron chi connectivity index (χ4n) is 1.78. The summed E-state index contributed by atoms with van der Waals surface area (Å²) in [6.07, 6.45) is -2.65. The van der Waals surface area contributed by atoms with Gasteiger partial charge in [0, 0.05) is 13.6 Å². The van der Waals surface area contributed by atoms with E-state index in [2.05, 4.69) is 5.32 Å². The number of halogens is 2. The maximum Gasteiger partial charge on any atom is 0.315 e. The van der Waals surface area contributed by atoms with Gasteiger partial charge in [0.1, 0.15) is 11.4 Å². The minimum Gasteiger partial charge on any atom is -0.395 e. The predicted molar refractivity (Wildman–Crippen MR) is 67.9 cm³/mol. The third-order valence-electron chi connectivity index (χ3n) is 2.54. The van der Waals surface area contributed by atoms with E-state index >= 15 is 0 Å². The Bertz CT molecular complexity index is 443. The first-order chi connectivity index (χ1) is 9.01. The van der Waals surface area contributed by atoms with E-state index in [-0.39, 0.29) is 30.2 Å². The van der Waals surface area contributed by atoms with Crippen molar-refractivity contribution in [2.45, 2.75) is 6.43 Å². The summed E-state index contributed by atoms with van der Waals surface area (Å²) in [7, 11) is 1.51. The SMILES string of the molecule is CNc1cccc(N(CCO)CC(F)F)c1[N+](=O)[O-]. The second kappa shape index (κ2) is 6.83. The van der Waals surface area contributed by atoms with Crippen molar-refractivity contribution in [1.82, 2.24) is 0 Å². The quantitative estimate of drug-likeness (QED) is 0.585. The van der Waals surface area contributed by atoms with E-state index in [0.717, 1.165) is 4.90 Å². The van der Waals surface area contributed by atoms with E-state index in [9.17, 15) is 18.9 Å². The van der Waals surface area contributed by atoms with Crippen LogP contribution < -0.4 is 10.2 Å². The molecule has 0 fully saturated rings. The second-order valence-corrected chi connectivity index (χ2v) is 3.74. The Morgan fingerprint density at radius 2 is 2.21 bits per heavy atom. The van der Waals surface area contributed by atoms with Crippen molar-refractivity contribution in [3.63, 3.8) is 0 Å². The van der Waals surface area contributed by atoms with Crippen LogP contribution in [0, 0.1) is 10.1 Å². The van der Waals surface area contributed by atoms with Gasteiger partial charge in [0.15, 0.2) is 0 Å². The van der Waals surface area contributed by atoms with Gasteiger partial charge < -0.3 is 15.3 Å². The summed E-state index contributed by atoms with van der Waals surface area (Å²) >= 11 is 0. The molecule has 19 heavy (non-hydrogen) atoms. The van der Waals surface area contributed by atoms with Crippen LogP contribution in [0.15, 0.2) is 18.2 Å². The number of aliphatic hydroxyl groups excluding tert-OH is 1. The number of anilines is 2. The van der Waals surface area contributed by atoms with Gasteiger partial charge in [0.25, 0.3) is 6.43 Å². The molecule has 0 saturated carbocycles. The predicted octanol–water partition coefficient (Wildman–Crippen LogP) is 1.70. The number of hydrogen-bond donors (Lipinski definition) is 2. The summed E-state index contributed by atoms with van der Waals surface area (Å²) in [6, 6.07) is 4.40. The first-order valence-corrected chi connectivity index (χ1v) is 5.60. The number of para-hydroxylation sites is 1. The normalized spacial score (nSPS) is 10.6. The third kappa shape index (κ3) is 3.75. The van der Waals surface area contributed by atoms with Crippen molar-refractivity contribution in [2.24, 2.45) is 0 Å². The molecular formula is C11H15F2N3O3. The molecule has 8 heteroatoms. The van der Waals surface area contributed by atoms with Crippen LogP contribution in [0.5, 0.6) is 0 Å². The van der Waals surface area contributed by atoms with Gasteiger partial charge in [0.2, 0.25) is 0 Å². The van der Waals surface area contributed by atoms with Crippen LogP contribution in [0.3, 0.4) is 0 Å². The molecule has 1 rings (SSSR count). The van der Waals surface area contributed by atoms with Gasteiger partial charge in [-0.05, 0) is 12.1 Å². The van der Waals surface area contributed by atoms with Crippen molar-refractivity contribution in [3.05, 3.63) is 28.3 Å². The summed E-state index contributed by atoms with van der Waals surface area (Å²) < 4.78 is 25.0. The minimum atomic E-state index is -2.65.